The highest BCUT2D eigenvalue weighted by Gasteiger charge is 2.62. The Morgan fingerprint density at radius 1 is 1.03 bits per heavy atom. The lowest BCUT2D eigenvalue weighted by atomic mass is 9.83. The Balaban J connectivity index is 1.06. The topological polar surface area (TPSA) is 194 Å². The molecule has 9 rings (SSSR count). The number of benzene rings is 2. The fraction of sp³-hybridized carbons (Fsp3) is 0.524. The largest absolute Gasteiger partial charge is 0.470 e. The average molecular weight is 898 g/mol. The smallest absolute Gasteiger partial charge is 0.416 e. The Morgan fingerprint density at radius 2 is 1.79 bits per heavy atom. The number of sulfonamides is 1. The number of nitrogens with one attached hydrogen (secondary N) is 3. The number of ether oxygens (including phenoxy) is 2. The van der Waals surface area contributed by atoms with E-state index in [1.165, 1.54) is 28.8 Å². The van der Waals surface area contributed by atoms with E-state index in [1.54, 1.807) is 24.3 Å². The Hall–Kier alpha value is -4.95. The lowest BCUT2D eigenvalue weighted by molar-refractivity contribution is -0.142. The van der Waals surface area contributed by atoms with Gasteiger partial charge in [-0.1, -0.05) is 68.6 Å². The van der Waals surface area contributed by atoms with Crippen molar-refractivity contribution in [2.75, 3.05) is 19.2 Å². The highest BCUT2D eigenvalue weighted by atomic mass is 32.2. The van der Waals surface area contributed by atoms with Crippen LogP contribution >= 0.6 is 11.8 Å². The maximum atomic E-state index is 15.1. The molecule has 0 bridgehead atoms. The number of para-hydroxylation sites is 1. The maximum absolute atomic E-state index is 15.1. The molecule has 20 heteroatoms. The second-order valence-corrected chi connectivity index (χ2v) is 19.6. The van der Waals surface area contributed by atoms with E-state index in [-0.39, 0.29) is 66.7 Å². The van der Waals surface area contributed by atoms with Gasteiger partial charge >= 0.3 is 6.18 Å². The number of aliphatic imine (C=N–C) groups is 1. The van der Waals surface area contributed by atoms with Crippen molar-refractivity contribution in [3.05, 3.63) is 54.1 Å². The van der Waals surface area contributed by atoms with Gasteiger partial charge in [-0.2, -0.15) is 18.2 Å². The number of rotatable bonds is 12. The van der Waals surface area contributed by atoms with Crippen LogP contribution in [0.2, 0.25) is 0 Å². The number of hydrogen-bond acceptors (Lipinski definition) is 13. The first-order valence-electron chi connectivity index (χ1n) is 21.0. The van der Waals surface area contributed by atoms with Crippen molar-refractivity contribution >= 4 is 66.7 Å². The SMILES string of the molecule is CC[C@@H]1C[C@]1(NC(=O)[C@@H]1C[C@@H](Oc2nc(-c3ccc(C(F)(F)F)cc3)nc3c2oc2ccccc23)CN1C(=O)[C@@H](NC1=NCOCS1)C1CCCCC1)C(=O)NS(=O)(=O)C1CC1. The molecule has 3 saturated carbocycles. The molecule has 5 aliphatic rings. The zero-order chi connectivity index (χ0) is 43.4. The Kier molecular flexibility index (Phi) is 11.4. The van der Waals surface area contributed by atoms with Gasteiger partial charge in [0, 0.05) is 17.4 Å². The van der Waals surface area contributed by atoms with E-state index >= 15 is 4.79 Å². The van der Waals surface area contributed by atoms with Crippen LogP contribution in [0.1, 0.15) is 76.7 Å². The zero-order valence-electron chi connectivity index (χ0n) is 33.8. The molecular formula is C42H46F3N7O8S2. The number of carbonyl (C=O) groups is 3. The lowest BCUT2D eigenvalue weighted by Crippen LogP contribution is -2.59. The number of aromatic nitrogens is 2. The number of fused-ring (bicyclic) bond motifs is 3. The average Bonchev–Trinajstić information content (AvgIpc) is 4.18. The van der Waals surface area contributed by atoms with Crippen LogP contribution in [0.25, 0.3) is 33.5 Å². The van der Waals surface area contributed by atoms with E-state index in [0.29, 0.717) is 46.9 Å². The molecule has 2 aromatic heterocycles. The molecule has 62 heavy (non-hydrogen) atoms. The summed E-state index contributed by atoms with van der Waals surface area (Å²) in [6.45, 7) is 1.90. The number of halogens is 3. The van der Waals surface area contributed by atoms with Gasteiger partial charge in [0.2, 0.25) is 27.4 Å². The summed E-state index contributed by atoms with van der Waals surface area (Å²) in [5.41, 5.74) is -1.06. The van der Waals surface area contributed by atoms with Crippen molar-refractivity contribution in [2.45, 2.75) is 106 Å². The molecule has 4 heterocycles. The number of amidine groups is 1. The molecule has 3 amide bonds. The van der Waals surface area contributed by atoms with Crippen LogP contribution in [0.4, 0.5) is 13.2 Å². The van der Waals surface area contributed by atoms with Crippen LogP contribution in [-0.2, 0) is 35.3 Å². The van der Waals surface area contributed by atoms with Gasteiger partial charge < -0.3 is 29.4 Å². The van der Waals surface area contributed by atoms with Crippen LogP contribution in [0, 0.1) is 11.8 Å². The number of likely N-dealkylation sites (tertiary alicyclic amines) is 1. The van der Waals surface area contributed by atoms with Gasteiger partial charge in [0.15, 0.2) is 11.0 Å². The van der Waals surface area contributed by atoms with E-state index in [1.807, 2.05) is 6.92 Å². The molecule has 0 spiro atoms. The van der Waals surface area contributed by atoms with Gasteiger partial charge in [0.25, 0.3) is 11.8 Å². The third-order valence-electron chi connectivity index (χ3n) is 12.6. The van der Waals surface area contributed by atoms with Gasteiger partial charge in [-0.3, -0.25) is 19.1 Å². The van der Waals surface area contributed by atoms with E-state index in [4.69, 9.17) is 18.9 Å². The van der Waals surface area contributed by atoms with Crippen LogP contribution < -0.4 is 20.1 Å². The standard InChI is InChI=1S/C42H46F3N7O8S2/c1-2-25-19-41(25,39(55)51-62(56,57)28-16-17-28)50-36(53)30-18-27(20-52(30)38(54)32(23-8-4-3-5-9-23)48-40-46-21-58-22-61-40)59-37-34-33(29-10-6-7-11-31(29)60-34)47-35(49-37)24-12-14-26(15-13-24)42(43,44)45/h6-7,10-15,23,25,27-28,30,32H,2-5,8-9,16-22H2,1H3,(H,46,48)(H,50,53)(H,51,55)/t25-,27-,30+,32+,41-/m1/s1. The molecule has 4 fully saturated rings. The Bertz CT molecular complexity index is 2530. The summed E-state index contributed by atoms with van der Waals surface area (Å²) in [4.78, 5) is 58.7. The van der Waals surface area contributed by atoms with Gasteiger partial charge in [-0.05, 0) is 68.2 Å². The van der Waals surface area contributed by atoms with Crippen LogP contribution in [0.15, 0.2) is 57.9 Å². The third kappa shape index (κ3) is 8.44. The molecule has 1 saturated heterocycles. The molecule has 3 aliphatic carbocycles. The number of nitrogens with zero attached hydrogens (tertiary/aromatic N) is 4. The van der Waals surface area contributed by atoms with Crippen LogP contribution in [0.5, 0.6) is 5.88 Å². The molecule has 15 nitrogen and oxygen atoms in total. The predicted molar refractivity (Wildman–Crippen MR) is 223 cm³/mol. The molecule has 2 aliphatic heterocycles. The summed E-state index contributed by atoms with van der Waals surface area (Å²) in [6, 6.07) is 9.60. The molecule has 0 unspecified atom stereocenters. The van der Waals surface area contributed by atoms with Gasteiger partial charge in [-0.25, -0.2) is 18.4 Å². The minimum Gasteiger partial charge on any atom is -0.470 e. The van der Waals surface area contributed by atoms with Gasteiger partial charge in [0.1, 0.15) is 47.5 Å². The van der Waals surface area contributed by atoms with Gasteiger partial charge in [-0.15, -0.1) is 0 Å². The fourth-order valence-electron chi connectivity index (χ4n) is 8.94. The summed E-state index contributed by atoms with van der Waals surface area (Å²) < 4.78 is 86.6. The summed E-state index contributed by atoms with van der Waals surface area (Å²) in [5, 5.41) is 6.78. The van der Waals surface area contributed by atoms with E-state index in [9.17, 15) is 31.2 Å². The molecule has 0 radical (unpaired) electrons. The first-order chi connectivity index (χ1) is 29.7. The van der Waals surface area contributed by atoms with Crippen molar-refractivity contribution in [3.8, 4) is 17.3 Å². The number of amides is 3. The van der Waals surface area contributed by atoms with E-state index < -0.39 is 62.6 Å². The second-order valence-electron chi connectivity index (χ2n) is 16.7. The van der Waals surface area contributed by atoms with Gasteiger partial charge in [0.05, 0.1) is 17.4 Å². The molecule has 5 atom stereocenters. The first kappa shape index (κ1) is 42.4. The molecule has 3 N–H and O–H groups in total. The minimum absolute atomic E-state index is 0.0381. The van der Waals surface area contributed by atoms with Crippen molar-refractivity contribution in [2.24, 2.45) is 16.8 Å². The highest BCUT2D eigenvalue weighted by molar-refractivity contribution is 8.13. The second kappa shape index (κ2) is 16.6. The zero-order valence-corrected chi connectivity index (χ0v) is 35.4. The van der Waals surface area contributed by atoms with Crippen molar-refractivity contribution in [3.63, 3.8) is 0 Å². The minimum atomic E-state index is -4.55. The summed E-state index contributed by atoms with van der Waals surface area (Å²) in [6.07, 6.45) is 0.596. The van der Waals surface area contributed by atoms with E-state index in [2.05, 4.69) is 25.3 Å². The molecular weight excluding hydrogens is 852 g/mol. The highest BCUT2D eigenvalue weighted by Crippen LogP contribution is 2.47. The monoisotopic (exact) mass is 897 g/mol. The number of hydrogen-bond donors (Lipinski definition) is 3. The number of alkyl halides is 3. The van der Waals surface area contributed by atoms with E-state index in [0.717, 1.165) is 44.2 Å². The van der Waals surface area contributed by atoms with Crippen LogP contribution in [-0.4, -0.2) is 94.4 Å². The summed E-state index contributed by atoms with van der Waals surface area (Å²) in [7, 11) is -3.92. The van der Waals surface area contributed by atoms with Crippen LogP contribution in [0.3, 0.4) is 0 Å². The lowest BCUT2D eigenvalue weighted by Gasteiger charge is -2.35. The summed E-state index contributed by atoms with van der Waals surface area (Å²) in [5.74, 6) is -1.82. The number of thioether (sulfide) groups is 1. The molecule has 2 aromatic carbocycles. The van der Waals surface area contributed by atoms with Crippen molar-refractivity contribution < 1.29 is 49.9 Å². The van der Waals surface area contributed by atoms with Crippen molar-refractivity contribution in [1.82, 2.24) is 30.2 Å². The normalized spacial score (nSPS) is 25.0. The molecule has 330 valence electrons. The quantitative estimate of drug-likeness (QED) is 0.153. The third-order valence-corrected chi connectivity index (χ3v) is 15.2. The maximum Gasteiger partial charge on any atom is 0.416 e. The summed E-state index contributed by atoms with van der Waals surface area (Å²) >= 11 is 1.33. The Labute approximate surface area is 359 Å². The fourth-order valence-corrected chi connectivity index (χ4v) is 10.9. The first-order valence-corrected chi connectivity index (χ1v) is 23.5. The number of furan rings is 1. The number of carbonyl (C=O) groups excluding carboxylic acids is 3. The predicted octanol–water partition coefficient (Wildman–Crippen LogP) is 5.88. The molecule has 4 aromatic rings. The van der Waals surface area contributed by atoms with Crippen molar-refractivity contribution in [1.29, 1.82) is 0 Å². The Morgan fingerprint density at radius 3 is 2.47 bits per heavy atom.